The number of aliphatic hydroxyl groups is 1. The fourth-order valence-electron chi connectivity index (χ4n) is 1.53. The Hall–Kier alpha value is -1.43. The zero-order valence-corrected chi connectivity index (χ0v) is 9.11. The summed E-state index contributed by atoms with van der Waals surface area (Å²) in [5, 5.41) is 10.5. The molecule has 0 amide bonds. The molecule has 0 unspecified atom stereocenters. The van der Waals surface area contributed by atoms with Crippen molar-refractivity contribution in [2.24, 2.45) is 0 Å². The number of aliphatic hydroxyl groups excluding tert-OH is 1. The van der Waals surface area contributed by atoms with Crippen LogP contribution in [-0.2, 0) is 16.7 Å². The molecule has 0 spiro atoms. The van der Waals surface area contributed by atoms with Crippen LogP contribution in [0.4, 0.5) is 0 Å². The lowest BCUT2D eigenvalue weighted by atomic mass is 10.1. The molecule has 0 aliphatic rings. The quantitative estimate of drug-likeness (QED) is 0.779. The molecule has 0 radical (unpaired) electrons. The molecule has 16 heavy (non-hydrogen) atoms. The molecule has 2 rings (SSSR count). The van der Waals surface area contributed by atoms with Crippen LogP contribution in [0.1, 0.15) is 5.56 Å². The first-order chi connectivity index (χ1) is 7.50. The van der Waals surface area contributed by atoms with Crippen molar-refractivity contribution in [1.29, 1.82) is 0 Å². The third-order valence-corrected chi connectivity index (χ3v) is 3.21. The Labute approximate surface area is 92.9 Å². The van der Waals surface area contributed by atoms with E-state index in [1.807, 2.05) is 0 Å². The first-order valence-electron chi connectivity index (χ1n) is 4.62. The van der Waals surface area contributed by atoms with Gasteiger partial charge in [0.25, 0.3) is 10.1 Å². The highest BCUT2D eigenvalue weighted by Crippen LogP contribution is 2.20. The Morgan fingerprint density at radius 1 is 1.00 bits per heavy atom. The third kappa shape index (κ3) is 2.06. The van der Waals surface area contributed by atoms with Crippen molar-refractivity contribution >= 4 is 20.9 Å². The normalized spacial score (nSPS) is 11.9. The smallest absolute Gasteiger partial charge is 0.294 e. The Morgan fingerprint density at radius 2 is 1.62 bits per heavy atom. The van der Waals surface area contributed by atoms with Gasteiger partial charge in [0.05, 0.1) is 11.5 Å². The highest BCUT2D eigenvalue weighted by Gasteiger charge is 2.09. The van der Waals surface area contributed by atoms with Gasteiger partial charge in [0.1, 0.15) is 0 Å². The summed E-state index contributed by atoms with van der Waals surface area (Å²) in [5.74, 6) is 0. The molecule has 0 saturated carbocycles. The van der Waals surface area contributed by atoms with E-state index < -0.39 is 10.1 Å². The van der Waals surface area contributed by atoms with Gasteiger partial charge >= 0.3 is 0 Å². The predicted octanol–water partition coefficient (Wildman–Crippen LogP) is 1.58. The van der Waals surface area contributed by atoms with Gasteiger partial charge in [-0.05, 0) is 34.5 Å². The van der Waals surface area contributed by atoms with Crippen molar-refractivity contribution in [2.75, 3.05) is 0 Å². The maximum atomic E-state index is 10.9. The SMILES string of the molecule is O=S(=O)(O)c1ccc2cc(CO)ccc2c1. The van der Waals surface area contributed by atoms with Crippen LogP contribution in [0.5, 0.6) is 0 Å². The van der Waals surface area contributed by atoms with Crippen molar-refractivity contribution in [2.45, 2.75) is 11.5 Å². The van der Waals surface area contributed by atoms with Gasteiger partial charge in [0, 0.05) is 0 Å². The van der Waals surface area contributed by atoms with Crippen LogP contribution in [0, 0.1) is 0 Å². The van der Waals surface area contributed by atoms with E-state index in [9.17, 15) is 8.42 Å². The third-order valence-electron chi connectivity index (χ3n) is 2.36. The molecular weight excluding hydrogens is 228 g/mol. The fraction of sp³-hybridized carbons (Fsp3) is 0.0909. The maximum absolute atomic E-state index is 10.9. The van der Waals surface area contributed by atoms with Gasteiger partial charge < -0.3 is 5.11 Å². The summed E-state index contributed by atoms with van der Waals surface area (Å²) in [7, 11) is -4.16. The number of fused-ring (bicyclic) bond motifs is 1. The van der Waals surface area contributed by atoms with Crippen molar-refractivity contribution in [1.82, 2.24) is 0 Å². The van der Waals surface area contributed by atoms with Gasteiger partial charge in [-0.1, -0.05) is 18.2 Å². The predicted molar refractivity (Wildman–Crippen MR) is 59.7 cm³/mol. The second-order valence-electron chi connectivity index (χ2n) is 3.48. The summed E-state index contributed by atoms with van der Waals surface area (Å²) in [6.45, 7) is -0.0595. The molecule has 0 saturated heterocycles. The summed E-state index contributed by atoms with van der Waals surface area (Å²) in [4.78, 5) is -0.128. The summed E-state index contributed by atoms with van der Waals surface area (Å²) >= 11 is 0. The molecule has 0 fully saturated rings. The zero-order valence-electron chi connectivity index (χ0n) is 8.29. The zero-order chi connectivity index (χ0) is 11.8. The molecule has 0 aliphatic carbocycles. The number of hydrogen-bond acceptors (Lipinski definition) is 3. The van der Waals surface area contributed by atoms with Gasteiger partial charge in [-0.3, -0.25) is 4.55 Å². The van der Waals surface area contributed by atoms with E-state index in [2.05, 4.69) is 0 Å². The molecule has 84 valence electrons. The molecule has 0 aromatic heterocycles. The molecular formula is C11H10O4S. The Bertz CT molecular complexity index is 631. The largest absolute Gasteiger partial charge is 0.392 e. The van der Waals surface area contributed by atoms with Gasteiger partial charge in [-0.25, -0.2) is 0 Å². The lowest BCUT2D eigenvalue weighted by molar-refractivity contribution is 0.282. The van der Waals surface area contributed by atoms with Crippen molar-refractivity contribution in [3.63, 3.8) is 0 Å². The Kier molecular flexibility index (Phi) is 2.67. The number of benzene rings is 2. The number of hydrogen-bond donors (Lipinski definition) is 2. The first-order valence-corrected chi connectivity index (χ1v) is 6.06. The van der Waals surface area contributed by atoms with Gasteiger partial charge in [-0.2, -0.15) is 8.42 Å². The lowest BCUT2D eigenvalue weighted by Crippen LogP contribution is -1.97. The number of rotatable bonds is 2. The van der Waals surface area contributed by atoms with Crippen LogP contribution < -0.4 is 0 Å². The van der Waals surface area contributed by atoms with E-state index in [0.717, 1.165) is 10.9 Å². The van der Waals surface area contributed by atoms with E-state index in [1.54, 1.807) is 24.3 Å². The molecule has 2 aromatic carbocycles. The molecule has 2 N–H and O–H groups in total. The highest BCUT2D eigenvalue weighted by atomic mass is 32.2. The molecule has 5 heteroatoms. The lowest BCUT2D eigenvalue weighted by Gasteiger charge is -2.02. The van der Waals surface area contributed by atoms with Gasteiger partial charge in [0.2, 0.25) is 0 Å². The van der Waals surface area contributed by atoms with E-state index in [0.29, 0.717) is 5.39 Å². The van der Waals surface area contributed by atoms with Crippen LogP contribution >= 0.6 is 0 Å². The summed E-state index contributed by atoms with van der Waals surface area (Å²) in [6.07, 6.45) is 0. The maximum Gasteiger partial charge on any atom is 0.294 e. The minimum Gasteiger partial charge on any atom is -0.392 e. The van der Waals surface area contributed by atoms with E-state index in [1.165, 1.54) is 12.1 Å². The summed E-state index contributed by atoms with van der Waals surface area (Å²) < 4.78 is 30.7. The van der Waals surface area contributed by atoms with Crippen molar-refractivity contribution in [3.05, 3.63) is 42.0 Å². The second kappa shape index (κ2) is 3.86. The van der Waals surface area contributed by atoms with Crippen molar-refractivity contribution < 1.29 is 18.1 Å². The van der Waals surface area contributed by atoms with Crippen LogP contribution in [0.15, 0.2) is 41.3 Å². The minimum atomic E-state index is -4.16. The Balaban J connectivity index is 2.65. The molecule has 2 aromatic rings. The van der Waals surface area contributed by atoms with Crippen LogP contribution in [0.25, 0.3) is 10.8 Å². The Morgan fingerprint density at radius 3 is 2.25 bits per heavy atom. The standard InChI is InChI=1S/C11H10O4S/c12-7-8-1-2-10-6-11(16(13,14)15)4-3-9(10)5-8/h1-6,12H,7H2,(H,13,14,15). The molecule has 0 bridgehead atoms. The second-order valence-corrected chi connectivity index (χ2v) is 4.90. The molecule has 0 aliphatic heterocycles. The molecule has 0 heterocycles. The highest BCUT2D eigenvalue weighted by molar-refractivity contribution is 7.85. The first kappa shape index (κ1) is 11.1. The van der Waals surface area contributed by atoms with Crippen LogP contribution in [-0.4, -0.2) is 18.1 Å². The summed E-state index contributed by atoms with van der Waals surface area (Å²) in [6, 6.07) is 9.50. The average molecular weight is 238 g/mol. The van der Waals surface area contributed by atoms with Crippen molar-refractivity contribution in [3.8, 4) is 0 Å². The molecule has 0 atom stereocenters. The van der Waals surface area contributed by atoms with E-state index in [-0.39, 0.29) is 11.5 Å². The van der Waals surface area contributed by atoms with Gasteiger partial charge in [-0.15, -0.1) is 0 Å². The molecule has 4 nitrogen and oxygen atoms in total. The fourth-order valence-corrected chi connectivity index (χ4v) is 2.05. The topological polar surface area (TPSA) is 74.6 Å². The van der Waals surface area contributed by atoms with Crippen LogP contribution in [0.3, 0.4) is 0 Å². The average Bonchev–Trinajstić information content (AvgIpc) is 2.26. The van der Waals surface area contributed by atoms with E-state index in [4.69, 9.17) is 9.66 Å². The summed E-state index contributed by atoms with van der Waals surface area (Å²) in [5.41, 5.74) is 0.757. The van der Waals surface area contributed by atoms with E-state index >= 15 is 0 Å². The van der Waals surface area contributed by atoms with Gasteiger partial charge in [0.15, 0.2) is 0 Å². The van der Waals surface area contributed by atoms with Crippen LogP contribution in [0.2, 0.25) is 0 Å². The monoisotopic (exact) mass is 238 g/mol. The minimum absolute atomic E-state index is 0.0595.